The van der Waals surface area contributed by atoms with Crippen LogP contribution in [-0.4, -0.2) is 24.5 Å². The number of ether oxygens (including phenoxy) is 1. The highest BCUT2D eigenvalue weighted by molar-refractivity contribution is 6.30. The zero-order chi connectivity index (χ0) is 22.7. The summed E-state index contributed by atoms with van der Waals surface area (Å²) in [4.78, 5) is 35.9. The smallest absolute Gasteiger partial charge is 0.344 e. The molecule has 162 valence electrons. The van der Waals surface area contributed by atoms with Gasteiger partial charge in [0.2, 0.25) is 0 Å². The lowest BCUT2D eigenvalue weighted by Gasteiger charge is -2.20. The van der Waals surface area contributed by atoms with Crippen molar-refractivity contribution in [2.75, 3.05) is 6.61 Å². The molecule has 4 aromatic rings. The number of nitrogens with one attached hydrogen (secondary N) is 1. The molecule has 1 aromatic heterocycles. The van der Waals surface area contributed by atoms with Crippen molar-refractivity contribution >= 4 is 45.2 Å². The summed E-state index contributed by atoms with van der Waals surface area (Å²) in [6.07, 6.45) is 0.0411. The minimum atomic E-state index is -1.41. The van der Waals surface area contributed by atoms with Crippen molar-refractivity contribution in [1.29, 1.82) is 0 Å². The van der Waals surface area contributed by atoms with Crippen molar-refractivity contribution in [3.8, 4) is 5.75 Å². The minimum absolute atomic E-state index is 0.0411. The van der Waals surface area contributed by atoms with E-state index in [9.17, 15) is 19.5 Å². The van der Waals surface area contributed by atoms with Crippen LogP contribution in [0.3, 0.4) is 0 Å². The van der Waals surface area contributed by atoms with Gasteiger partial charge in [-0.25, -0.2) is 4.79 Å². The Hall–Kier alpha value is -3.84. The molecule has 0 aliphatic rings. The summed E-state index contributed by atoms with van der Waals surface area (Å²) < 4.78 is 10.8. The monoisotopic (exact) mass is 450 g/mol. The predicted octanol–water partition coefficient (Wildman–Crippen LogP) is 2.46. The van der Waals surface area contributed by atoms with E-state index in [-0.39, 0.29) is 6.42 Å². The summed E-state index contributed by atoms with van der Waals surface area (Å²) in [7, 11) is 0. The molecule has 32 heavy (non-hydrogen) atoms. The van der Waals surface area contributed by atoms with Crippen LogP contribution in [0.15, 0.2) is 75.9 Å². The van der Waals surface area contributed by atoms with Gasteiger partial charge in [0.15, 0.2) is 6.61 Å². The van der Waals surface area contributed by atoms with Crippen LogP contribution in [0.2, 0.25) is 5.02 Å². The van der Waals surface area contributed by atoms with Crippen LogP contribution in [-0.2, 0) is 16.0 Å². The van der Waals surface area contributed by atoms with Gasteiger partial charge in [-0.2, -0.15) is 0 Å². The fourth-order valence-corrected chi connectivity index (χ4v) is 3.51. The molecule has 1 amide bonds. The second-order valence-corrected chi connectivity index (χ2v) is 7.59. The fraction of sp³-hybridized carbons (Fsp3) is 0.125. The highest BCUT2D eigenvalue weighted by atomic mass is 35.5. The van der Waals surface area contributed by atoms with Crippen molar-refractivity contribution in [3.05, 3.63) is 87.7 Å². The summed E-state index contributed by atoms with van der Waals surface area (Å²) in [5.41, 5.74) is 0.533. The summed E-state index contributed by atoms with van der Waals surface area (Å²) in [6, 6.07) is 17.4. The van der Waals surface area contributed by atoms with Crippen LogP contribution in [0.25, 0.3) is 21.7 Å². The molecule has 0 saturated carbocycles. The van der Waals surface area contributed by atoms with Crippen molar-refractivity contribution < 1.29 is 23.8 Å². The van der Waals surface area contributed by atoms with Crippen molar-refractivity contribution in [3.63, 3.8) is 0 Å². The largest absolute Gasteiger partial charge is 0.548 e. The summed E-state index contributed by atoms with van der Waals surface area (Å²) in [6.45, 7) is -0.423. The van der Waals surface area contributed by atoms with Gasteiger partial charge in [0.25, 0.3) is 5.91 Å². The lowest BCUT2D eigenvalue weighted by molar-refractivity contribution is -0.308. The van der Waals surface area contributed by atoms with E-state index in [1.54, 1.807) is 48.5 Å². The summed E-state index contributed by atoms with van der Waals surface area (Å²) >= 11 is 5.83. The number of carboxylic acids is 1. The first kappa shape index (κ1) is 21.4. The number of halogens is 1. The molecule has 4 rings (SSSR count). The molecule has 0 bridgehead atoms. The molecule has 7 nitrogen and oxygen atoms in total. The predicted molar refractivity (Wildman–Crippen MR) is 118 cm³/mol. The third-order valence-electron chi connectivity index (χ3n) is 4.94. The Balaban J connectivity index is 1.44. The van der Waals surface area contributed by atoms with E-state index < -0.39 is 30.2 Å². The number of carbonyl (C=O) groups is 2. The molecule has 0 radical (unpaired) electrons. The highest BCUT2D eigenvalue weighted by Gasteiger charge is 2.15. The SMILES string of the molecule is O=C(COc1ccc2c(c1)oc(=O)c1ccccc12)N[C@H](Cc1ccc(Cl)cc1)C(=O)[O-]. The van der Waals surface area contributed by atoms with E-state index in [2.05, 4.69) is 5.32 Å². The van der Waals surface area contributed by atoms with Gasteiger partial charge < -0.3 is 24.4 Å². The van der Waals surface area contributed by atoms with Gasteiger partial charge >= 0.3 is 5.63 Å². The molecular weight excluding hydrogens is 434 g/mol. The van der Waals surface area contributed by atoms with E-state index in [1.165, 1.54) is 6.07 Å². The lowest BCUT2D eigenvalue weighted by atomic mass is 10.1. The van der Waals surface area contributed by atoms with E-state index in [4.69, 9.17) is 20.8 Å². The summed E-state index contributed by atoms with van der Waals surface area (Å²) in [5.74, 6) is -1.74. The van der Waals surface area contributed by atoms with Crippen LogP contribution in [0.1, 0.15) is 5.56 Å². The van der Waals surface area contributed by atoms with Crippen LogP contribution >= 0.6 is 11.6 Å². The number of carboxylic acid groups (broad SMARTS) is 1. The van der Waals surface area contributed by atoms with E-state index in [0.717, 1.165) is 10.8 Å². The van der Waals surface area contributed by atoms with Gasteiger partial charge in [0, 0.05) is 16.5 Å². The van der Waals surface area contributed by atoms with Gasteiger partial charge in [-0.3, -0.25) is 4.79 Å². The maximum atomic E-state index is 12.2. The molecule has 1 N–H and O–H groups in total. The Bertz CT molecular complexity index is 1360. The number of amides is 1. The minimum Gasteiger partial charge on any atom is -0.548 e. The molecule has 3 aromatic carbocycles. The van der Waals surface area contributed by atoms with Crippen molar-refractivity contribution in [2.45, 2.75) is 12.5 Å². The zero-order valence-corrected chi connectivity index (χ0v) is 17.4. The zero-order valence-electron chi connectivity index (χ0n) is 16.7. The molecule has 8 heteroatoms. The number of carbonyl (C=O) groups excluding carboxylic acids is 2. The van der Waals surface area contributed by atoms with E-state index >= 15 is 0 Å². The van der Waals surface area contributed by atoms with Gasteiger partial charge in [0.1, 0.15) is 11.3 Å². The Morgan fingerprint density at radius 3 is 2.44 bits per heavy atom. The normalized spacial score (nSPS) is 11.9. The fourth-order valence-electron chi connectivity index (χ4n) is 3.38. The number of hydrogen-bond acceptors (Lipinski definition) is 6. The quantitative estimate of drug-likeness (QED) is 0.342. The molecule has 0 unspecified atom stereocenters. The average Bonchev–Trinajstić information content (AvgIpc) is 2.78. The van der Waals surface area contributed by atoms with Crippen LogP contribution in [0, 0.1) is 0 Å². The number of rotatable bonds is 7. The maximum Gasteiger partial charge on any atom is 0.344 e. The topological polar surface area (TPSA) is 109 Å². The number of fused-ring (bicyclic) bond motifs is 3. The molecule has 1 heterocycles. The van der Waals surface area contributed by atoms with E-state index in [0.29, 0.717) is 27.3 Å². The van der Waals surface area contributed by atoms with Crippen molar-refractivity contribution in [2.24, 2.45) is 0 Å². The number of hydrogen-bond donors (Lipinski definition) is 1. The Labute approximate surface area is 187 Å². The Kier molecular flexibility index (Phi) is 6.09. The van der Waals surface area contributed by atoms with Crippen LogP contribution in [0.5, 0.6) is 5.75 Å². The van der Waals surface area contributed by atoms with Gasteiger partial charge in [-0.05, 0) is 47.7 Å². The lowest BCUT2D eigenvalue weighted by Crippen LogP contribution is -2.50. The number of aliphatic carboxylic acids is 1. The Morgan fingerprint density at radius 2 is 1.72 bits per heavy atom. The first-order valence-corrected chi connectivity index (χ1v) is 10.1. The molecule has 0 aliphatic heterocycles. The number of benzene rings is 3. The molecule has 0 saturated heterocycles. The second kappa shape index (κ2) is 9.11. The first-order valence-electron chi connectivity index (χ1n) is 9.74. The molecular formula is C24H17ClNO6-. The molecule has 0 aliphatic carbocycles. The maximum absolute atomic E-state index is 12.2. The molecule has 1 atom stereocenters. The second-order valence-electron chi connectivity index (χ2n) is 7.15. The third kappa shape index (κ3) is 4.73. The van der Waals surface area contributed by atoms with Gasteiger partial charge in [-0.15, -0.1) is 0 Å². The average molecular weight is 451 g/mol. The van der Waals surface area contributed by atoms with E-state index in [1.807, 2.05) is 12.1 Å². The standard InChI is InChI=1S/C24H18ClNO6/c25-15-7-5-14(6-8-15)11-20(23(28)29)26-22(27)13-31-16-9-10-18-17-3-1-2-4-19(17)24(30)32-21(18)12-16/h1-10,12,20H,11,13H2,(H,26,27)(H,28,29)/p-1/t20-/m1/s1. The van der Waals surface area contributed by atoms with Crippen molar-refractivity contribution in [1.82, 2.24) is 5.32 Å². The molecule has 0 fully saturated rings. The highest BCUT2D eigenvalue weighted by Crippen LogP contribution is 2.26. The van der Waals surface area contributed by atoms with Gasteiger partial charge in [0.05, 0.1) is 17.4 Å². The van der Waals surface area contributed by atoms with Crippen LogP contribution < -0.4 is 20.8 Å². The Morgan fingerprint density at radius 1 is 1.00 bits per heavy atom. The van der Waals surface area contributed by atoms with Crippen LogP contribution in [0.4, 0.5) is 0 Å². The van der Waals surface area contributed by atoms with Gasteiger partial charge in [-0.1, -0.05) is 41.9 Å². The summed E-state index contributed by atoms with van der Waals surface area (Å²) in [5, 5.41) is 16.3. The molecule has 0 spiro atoms. The third-order valence-corrected chi connectivity index (χ3v) is 5.19. The first-order chi connectivity index (χ1) is 15.4.